The van der Waals surface area contributed by atoms with E-state index in [1.54, 1.807) is 0 Å². The van der Waals surface area contributed by atoms with E-state index in [0.29, 0.717) is 6.04 Å². The van der Waals surface area contributed by atoms with Gasteiger partial charge in [0.15, 0.2) is 0 Å². The molecule has 1 nitrogen and oxygen atoms in total. The van der Waals surface area contributed by atoms with Gasteiger partial charge in [-0.3, -0.25) is 0 Å². The Morgan fingerprint density at radius 1 is 1.57 bits per heavy atom. The van der Waals surface area contributed by atoms with E-state index in [0.717, 1.165) is 5.92 Å². The molecule has 0 heterocycles. The summed E-state index contributed by atoms with van der Waals surface area (Å²) in [4.78, 5) is 0. The Kier molecular flexibility index (Phi) is 1.92. The van der Waals surface area contributed by atoms with Crippen molar-refractivity contribution in [1.82, 2.24) is 0 Å². The topological polar surface area (TPSA) is 26.0 Å². The van der Waals surface area contributed by atoms with Gasteiger partial charge in [-0.2, -0.15) is 0 Å². The van der Waals surface area contributed by atoms with Crippen LogP contribution in [0.4, 0.5) is 0 Å². The van der Waals surface area contributed by atoms with E-state index in [1.165, 1.54) is 17.3 Å². The molecule has 42 valence electrons. The van der Waals surface area contributed by atoms with Crippen LogP contribution in [-0.2, 0) is 0 Å². The van der Waals surface area contributed by atoms with Gasteiger partial charge in [0.05, 0.1) is 0 Å². The van der Waals surface area contributed by atoms with Crippen LogP contribution in [-0.4, -0.2) is 10.5 Å². The van der Waals surface area contributed by atoms with Crippen molar-refractivity contribution < 1.29 is 0 Å². The van der Waals surface area contributed by atoms with Crippen LogP contribution in [0, 0.1) is 5.92 Å². The Morgan fingerprint density at radius 2 is 2.14 bits per heavy atom. The highest BCUT2D eigenvalue weighted by molar-refractivity contribution is 14.1. The lowest BCUT2D eigenvalue weighted by molar-refractivity contribution is 0.299. The Labute approximate surface area is 57.8 Å². The molecule has 1 fully saturated rings. The monoisotopic (exact) mass is 211 g/mol. The first-order chi connectivity index (χ1) is 3.33. The SMILES string of the molecule is N[C@H]1C[C@@H](CI)C1. The number of alkyl halides is 1. The summed E-state index contributed by atoms with van der Waals surface area (Å²) in [5, 5.41) is 0. The average molecular weight is 211 g/mol. The molecule has 1 aliphatic rings. The molecule has 1 rings (SSSR count). The molecule has 7 heavy (non-hydrogen) atoms. The summed E-state index contributed by atoms with van der Waals surface area (Å²) < 4.78 is 1.30. The summed E-state index contributed by atoms with van der Waals surface area (Å²) in [6.07, 6.45) is 2.53. The molecule has 0 unspecified atom stereocenters. The summed E-state index contributed by atoms with van der Waals surface area (Å²) in [6, 6.07) is 0.541. The van der Waals surface area contributed by atoms with Gasteiger partial charge in [-0.25, -0.2) is 0 Å². The summed E-state index contributed by atoms with van der Waals surface area (Å²) in [6.45, 7) is 0. The minimum absolute atomic E-state index is 0.541. The van der Waals surface area contributed by atoms with Crippen molar-refractivity contribution in [2.45, 2.75) is 18.9 Å². The van der Waals surface area contributed by atoms with E-state index in [-0.39, 0.29) is 0 Å². The zero-order valence-corrected chi connectivity index (χ0v) is 6.39. The minimum atomic E-state index is 0.541. The van der Waals surface area contributed by atoms with Gasteiger partial charge in [0, 0.05) is 10.5 Å². The number of halogens is 1. The summed E-state index contributed by atoms with van der Waals surface area (Å²) >= 11 is 2.42. The predicted molar refractivity (Wildman–Crippen MR) is 39.6 cm³/mol. The largest absolute Gasteiger partial charge is 0.328 e. The van der Waals surface area contributed by atoms with Gasteiger partial charge in [0.2, 0.25) is 0 Å². The highest BCUT2D eigenvalue weighted by atomic mass is 127. The molecule has 1 saturated carbocycles. The standard InChI is InChI=1S/C5H10IN/c6-3-4-1-5(7)2-4/h4-5H,1-3,7H2/t4-,5+. The van der Waals surface area contributed by atoms with Crippen LogP contribution in [0.15, 0.2) is 0 Å². The molecule has 0 spiro atoms. The van der Waals surface area contributed by atoms with Gasteiger partial charge >= 0.3 is 0 Å². The van der Waals surface area contributed by atoms with Gasteiger partial charge in [-0.1, -0.05) is 22.6 Å². The average Bonchev–Trinajstić information content (AvgIpc) is 1.58. The lowest BCUT2D eigenvalue weighted by atomic mass is 9.83. The van der Waals surface area contributed by atoms with Crippen molar-refractivity contribution in [2.24, 2.45) is 11.7 Å². The van der Waals surface area contributed by atoms with Crippen LogP contribution in [0.3, 0.4) is 0 Å². The Balaban J connectivity index is 2.06. The third-order valence-corrected chi connectivity index (χ3v) is 2.74. The maximum absolute atomic E-state index is 5.54. The van der Waals surface area contributed by atoms with Crippen LogP contribution in [0.25, 0.3) is 0 Å². The van der Waals surface area contributed by atoms with Gasteiger partial charge in [0.1, 0.15) is 0 Å². The Hall–Kier alpha value is 0.690. The first kappa shape index (κ1) is 5.82. The first-order valence-electron chi connectivity index (χ1n) is 2.64. The van der Waals surface area contributed by atoms with Crippen molar-refractivity contribution in [3.63, 3.8) is 0 Å². The second-order valence-electron chi connectivity index (χ2n) is 2.25. The van der Waals surface area contributed by atoms with Crippen molar-refractivity contribution in [3.05, 3.63) is 0 Å². The smallest absolute Gasteiger partial charge is 0.00446 e. The van der Waals surface area contributed by atoms with Crippen molar-refractivity contribution in [2.75, 3.05) is 4.43 Å². The molecular formula is C5H10IN. The molecule has 0 amide bonds. The normalized spacial score (nSPS) is 40.3. The maximum atomic E-state index is 5.54. The van der Waals surface area contributed by atoms with E-state index in [2.05, 4.69) is 22.6 Å². The molecule has 2 N–H and O–H groups in total. The minimum Gasteiger partial charge on any atom is -0.328 e. The number of nitrogens with two attached hydrogens (primary N) is 1. The zero-order chi connectivity index (χ0) is 5.28. The summed E-state index contributed by atoms with van der Waals surface area (Å²) in [7, 11) is 0. The molecule has 0 aromatic carbocycles. The molecule has 0 saturated heterocycles. The number of rotatable bonds is 1. The fourth-order valence-electron chi connectivity index (χ4n) is 0.913. The second-order valence-corrected chi connectivity index (χ2v) is 3.13. The zero-order valence-electron chi connectivity index (χ0n) is 4.23. The van der Waals surface area contributed by atoms with Crippen LogP contribution in [0.1, 0.15) is 12.8 Å². The van der Waals surface area contributed by atoms with E-state index >= 15 is 0 Å². The van der Waals surface area contributed by atoms with Crippen LogP contribution in [0.5, 0.6) is 0 Å². The molecule has 0 aromatic heterocycles. The fourth-order valence-corrected chi connectivity index (χ4v) is 1.63. The molecule has 0 aliphatic heterocycles. The van der Waals surface area contributed by atoms with Crippen molar-refractivity contribution >= 4 is 22.6 Å². The molecule has 2 heteroatoms. The lowest BCUT2D eigenvalue weighted by Crippen LogP contribution is -2.36. The summed E-state index contributed by atoms with van der Waals surface area (Å²) in [5.41, 5.74) is 5.54. The summed E-state index contributed by atoms with van der Waals surface area (Å²) in [5.74, 6) is 0.954. The van der Waals surface area contributed by atoms with Gasteiger partial charge < -0.3 is 5.73 Å². The van der Waals surface area contributed by atoms with Crippen LogP contribution >= 0.6 is 22.6 Å². The Bertz CT molecular complexity index is 59.1. The fraction of sp³-hybridized carbons (Fsp3) is 1.00. The van der Waals surface area contributed by atoms with Gasteiger partial charge in [-0.15, -0.1) is 0 Å². The van der Waals surface area contributed by atoms with E-state index in [4.69, 9.17) is 5.73 Å². The molecule has 0 radical (unpaired) electrons. The highest BCUT2D eigenvalue weighted by Gasteiger charge is 2.23. The third-order valence-electron chi connectivity index (χ3n) is 1.49. The van der Waals surface area contributed by atoms with Crippen molar-refractivity contribution in [1.29, 1.82) is 0 Å². The lowest BCUT2D eigenvalue weighted by Gasteiger charge is -2.30. The van der Waals surface area contributed by atoms with Gasteiger partial charge in [-0.05, 0) is 18.8 Å². The molecule has 0 atom stereocenters. The van der Waals surface area contributed by atoms with Crippen LogP contribution in [0.2, 0.25) is 0 Å². The molecule has 0 aromatic rings. The van der Waals surface area contributed by atoms with Crippen molar-refractivity contribution in [3.8, 4) is 0 Å². The third kappa shape index (κ3) is 1.29. The van der Waals surface area contributed by atoms with E-state index in [9.17, 15) is 0 Å². The molecule has 0 bridgehead atoms. The quantitative estimate of drug-likeness (QED) is 0.511. The van der Waals surface area contributed by atoms with Gasteiger partial charge in [0.25, 0.3) is 0 Å². The first-order valence-corrected chi connectivity index (χ1v) is 4.17. The number of hydrogen-bond acceptors (Lipinski definition) is 1. The molecular weight excluding hydrogens is 201 g/mol. The van der Waals surface area contributed by atoms with E-state index < -0.39 is 0 Å². The number of hydrogen-bond donors (Lipinski definition) is 1. The predicted octanol–water partition coefficient (Wildman–Crippen LogP) is 1.16. The Morgan fingerprint density at radius 3 is 2.29 bits per heavy atom. The molecule has 1 aliphatic carbocycles. The highest BCUT2D eigenvalue weighted by Crippen LogP contribution is 2.26. The van der Waals surface area contributed by atoms with Crippen LogP contribution < -0.4 is 5.73 Å². The van der Waals surface area contributed by atoms with E-state index in [1.807, 2.05) is 0 Å². The maximum Gasteiger partial charge on any atom is 0.00446 e. The second kappa shape index (κ2) is 2.31.